The van der Waals surface area contributed by atoms with Crippen LogP contribution in [-0.4, -0.2) is 81.2 Å². The Labute approximate surface area is 220 Å². The van der Waals surface area contributed by atoms with Crippen LogP contribution >= 0.6 is 11.3 Å². The molecule has 2 saturated heterocycles. The van der Waals surface area contributed by atoms with Crippen molar-refractivity contribution in [2.75, 3.05) is 50.0 Å². The number of nitrogen functional groups attached to an aromatic ring is 1. The molecule has 10 nitrogen and oxygen atoms in total. The van der Waals surface area contributed by atoms with Gasteiger partial charge in [-0.2, -0.15) is 0 Å². The summed E-state index contributed by atoms with van der Waals surface area (Å²) in [5, 5.41) is 9.80. The fraction of sp³-hybridized carbons (Fsp3) is 0.577. The van der Waals surface area contributed by atoms with Gasteiger partial charge in [0.05, 0.1) is 29.0 Å². The molecule has 2 aliphatic rings. The number of fused-ring (bicyclic) bond motifs is 1. The molecule has 2 aliphatic heterocycles. The summed E-state index contributed by atoms with van der Waals surface area (Å²) >= 11 is 1.76. The number of likely N-dealkylation sites (tertiary alicyclic amines) is 1. The Morgan fingerprint density at radius 2 is 1.92 bits per heavy atom. The zero-order valence-corrected chi connectivity index (χ0v) is 22.3. The molecule has 2 fully saturated rings. The molecule has 0 bridgehead atoms. The Hall–Kier alpha value is -2.73. The summed E-state index contributed by atoms with van der Waals surface area (Å²) in [5.41, 5.74) is 8.55. The van der Waals surface area contributed by atoms with Crippen LogP contribution in [0, 0.1) is 12.8 Å². The van der Waals surface area contributed by atoms with Crippen molar-refractivity contribution >= 4 is 39.1 Å². The monoisotopic (exact) mass is 525 g/mol. The molecule has 37 heavy (non-hydrogen) atoms. The number of hydrogen-bond donors (Lipinski definition) is 2. The second kappa shape index (κ2) is 11.3. The molecule has 5 rings (SSSR count). The van der Waals surface area contributed by atoms with Crippen molar-refractivity contribution in [2.24, 2.45) is 5.92 Å². The van der Waals surface area contributed by atoms with Crippen LogP contribution < -0.4 is 10.6 Å². The van der Waals surface area contributed by atoms with Gasteiger partial charge in [-0.1, -0.05) is 6.42 Å². The minimum atomic E-state index is -0.888. The number of morpholine rings is 1. The van der Waals surface area contributed by atoms with Gasteiger partial charge in [0.15, 0.2) is 17.4 Å². The van der Waals surface area contributed by atoms with E-state index in [1.807, 2.05) is 0 Å². The second-order valence-corrected chi connectivity index (χ2v) is 11.1. The summed E-state index contributed by atoms with van der Waals surface area (Å²) < 4.78 is 6.68. The van der Waals surface area contributed by atoms with Crippen LogP contribution in [0.3, 0.4) is 0 Å². The van der Waals surface area contributed by atoms with Crippen LogP contribution in [0.5, 0.6) is 0 Å². The third-order valence-corrected chi connectivity index (χ3v) is 8.60. The Morgan fingerprint density at radius 3 is 2.65 bits per heavy atom. The van der Waals surface area contributed by atoms with Gasteiger partial charge in [0, 0.05) is 42.8 Å². The largest absolute Gasteiger partial charge is 0.386 e. The fourth-order valence-electron chi connectivity index (χ4n) is 5.15. The number of nitrogens with two attached hydrogens (primary N) is 1. The van der Waals surface area contributed by atoms with Crippen molar-refractivity contribution in [1.29, 1.82) is 0 Å². The number of thiophene rings is 1. The van der Waals surface area contributed by atoms with Crippen molar-refractivity contribution < 1.29 is 14.6 Å². The summed E-state index contributed by atoms with van der Waals surface area (Å²) in [5.74, 6) is 1.65. The zero-order chi connectivity index (χ0) is 25.9. The zero-order valence-electron chi connectivity index (χ0n) is 21.5. The normalized spacial score (nSPS) is 20.5. The number of ketones is 1. The van der Waals surface area contributed by atoms with Gasteiger partial charge in [-0.05, 0) is 51.8 Å². The van der Waals surface area contributed by atoms with Crippen molar-refractivity contribution in [2.45, 2.75) is 52.2 Å². The number of anilines is 2. The fourth-order valence-corrected chi connectivity index (χ4v) is 6.45. The minimum absolute atomic E-state index is 0.0236. The summed E-state index contributed by atoms with van der Waals surface area (Å²) in [4.78, 5) is 36.6. The van der Waals surface area contributed by atoms with Gasteiger partial charge < -0.3 is 20.5 Å². The van der Waals surface area contributed by atoms with Crippen molar-refractivity contribution in [3.8, 4) is 11.4 Å². The van der Waals surface area contributed by atoms with E-state index in [-0.39, 0.29) is 17.6 Å². The summed E-state index contributed by atoms with van der Waals surface area (Å²) in [6.45, 7) is 9.26. The molecule has 2 atom stereocenters. The lowest BCUT2D eigenvalue weighted by Gasteiger charge is -2.28. The first-order valence-electron chi connectivity index (χ1n) is 13.1. The van der Waals surface area contributed by atoms with E-state index in [0.29, 0.717) is 19.0 Å². The average Bonchev–Trinajstić information content (AvgIpc) is 3.21. The number of aliphatic hydroxyl groups is 1. The van der Waals surface area contributed by atoms with Gasteiger partial charge in [0.1, 0.15) is 6.10 Å². The van der Waals surface area contributed by atoms with E-state index < -0.39 is 6.10 Å². The molecule has 0 aromatic carbocycles. The Balaban J connectivity index is 1.46. The lowest BCUT2D eigenvalue weighted by Crippen LogP contribution is -2.36. The molecule has 0 saturated carbocycles. The third-order valence-electron chi connectivity index (χ3n) is 7.34. The van der Waals surface area contributed by atoms with Crippen molar-refractivity contribution in [3.05, 3.63) is 22.8 Å². The molecular formula is C26H35N7O3S. The highest BCUT2D eigenvalue weighted by Gasteiger charge is 2.26. The molecule has 1 unspecified atom stereocenters. The minimum Gasteiger partial charge on any atom is -0.386 e. The lowest BCUT2D eigenvalue weighted by atomic mass is 9.90. The van der Waals surface area contributed by atoms with E-state index in [2.05, 4.69) is 26.7 Å². The molecule has 0 spiro atoms. The predicted octanol–water partition coefficient (Wildman–Crippen LogP) is 2.82. The Kier molecular flexibility index (Phi) is 7.94. The van der Waals surface area contributed by atoms with Gasteiger partial charge in [-0.15, -0.1) is 11.3 Å². The van der Waals surface area contributed by atoms with E-state index >= 15 is 0 Å². The summed E-state index contributed by atoms with van der Waals surface area (Å²) in [6, 6.07) is 0. The van der Waals surface area contributed by atoms with Crippen molar-refractivity contribution in [3.63, 3.8) is 0 Å². The number of aromatic nitrogens is 4. The van der Waals surface area contributed by atoms with Crippen molar-refractivity contribution in [1.82, 2.24) is 24.8 Å². The number of hydrogen-bond acceptors (Lipinski definition) is 11. The van der Waals surface area contributed by atoms with Crippen LogP contribution in [0.1, 0.15) is 43.0 Å². The molecule has 0 radical (unpaired) electrons. The number of carbonyl (C=O) groups excluding carboxylic acids is 1. The third kappa shape index (κ3) is 5.74. The van der Waals surface area contributed by atoms with Gasteiger partial charge >= 0.3 is 0 Å². The highest BCUT2D eigenvalue weighted by molar-refractivity contribution is 7.19. The summed E-state index contributed by atoms with van der Waals surface area (Å²) in [6.07, 6.45) is 6.16. The molecular weight excluding hydrogens is 490 g/mol. The number of Topliss-reactive ketones (excluding diaryl/α,β-unsaturated/α-hetero) is 1. The van der Waals surface area contributed by atoms with Gasteiger partial charge in [0.2, 0.25) is 5.95 Å². The molecule has 0 aliphatic carbocycles. The summed E-state index contributed by atoms with van der Waals surface area (Å²) in [7, 11) is 0. The SMILES string of the molecule is Cc1c(CN2CCCCC(C(=O)[C@H](C)O)CC2)sc2c(N3CCOCC3)nc(-c3cnc(N)nc3)nc12. The van der Waals surface area contributed by atoms with Crippen LogP contribution in [0.25, 0.3) is 21.6 Å². The first-order valence-corrected chi connectivity index (χ1v) is 13.9. The smallest absolute Gasteiger partial charge is 0.219 e. The van der Waals surface area contributed by atoms with Gasteiger partial charge in [-0.3, -0.25) is 9.69 Å². The van der Waals surface area contributed by atoms with Crippen LogP contribution in [-0.2, 0) is 16.1 Å². The molecule has 3 aromatic rings. The van der Waals surface area contributed by atoms with Gasteiger partial charge in [0.25, 0.3) is 0 Å². The molecule has 3 N–H and O–H groups in total. The maximum absolute atomic E-state index is 12.4. The Morgan fingerprint density at radius 1 is 1.16 bits per heavy atom. The lowest BCUT2D eigenvalue weighted by molar-refractivity contribution is -0.131. The maximum Gasteiger partial charge on any atom is 0.219 e. The quantitative estimate of drug-likeness (QED) is 0.495. The first-order chi connectivity index (χ1) is 17.9. The highest BCUT2D eigenvalue weighted by Crippen LogP contribution is 2.38. The van der Waals surface area contributed by atoms with Gasteiger partial charge in [-0.25, -0.2) is 19.9 Å². The number of carbonyl (C=O) groups is 1. The maximum atomic E-state index is 12.4. The number of nitrogens with zero attached hydrogens (tertiary/aromatic N) is 6. The predicted molar refractivity (Wildman–Crippen MR) is 145 cm³/mol. The van der Waals surface area contributed by atoms with Crippen LogP contribution in [0.2, 0.25) is 0 Å². The van der Waals surface area contributed by atoms with E-state index in [4.69, 9.17) is 20.4 Å². The van der Waals surface area contributed by atoms with E-state index in [1.165, 1.54) is 4.88 Å². The molecule has 5 heterocycles. The average molecular weight is 526 g/mol. The standard InChI is InChI=1S/C26H35N7O3S/c1-16-20(15-32-7-4-3-5-18(6-8-32)22(35)17(2)34)37-23-21(16)30-24(19-13-28-26(27)29-14-19)31-25(23)33-9-11-36-12-10-33/h13-14,17-18,34H,3-12,15H2,1-2H3,(H2,27,28,29)/t17-,18?/m0/s1. The van der Waals surface area contributed by atoms with E-state index in [1.54, 1.807) is 30.7 Å². The van der Waals surface area contributed by atoms with E-state index in [0.717, 1.165) is 85.6 Å². The number of aryl methyl sites for hydroxylation is 1. The number of ether oxygens (including phenoxy) is 1. The highest BCUT2D eigenvalue weighted by atomic mass is 32.1. The molecule has 198 valence electrons. The van der Waals surface area contributed by atoms with E-state index in [9.17, 15) is 9.90 Å². The topological polar surface area (TPSA) is 131 Å². The van der Waals surface area contributed by atoms with Crippen LogP contribution in [0.4, 0.5) is 11.8 Å². The number of aliphatic hydroxyl groups excluding tert-OH is 1. The molecule has 11 heteroatoms. The molecule has 0 amide bonds. The first kappa shape index (κ1) is 25.9. The number of rotatable bonds is 6. The second-order valence-electron chi connectivity index (χ2n) is 9.96. The molecule has 3 aromatic heterocycles. The van der Waals surface area contributed by atoms with Crippen LogP contribution in [0.15, 0.2) is 12.4 Å². The Bertz CT molecular complexity index is 1240.